The Bertz CT molecular complexity index is 645. The monoisotopic (exact) mass is 302 g/mol. The third kappa shape index (κ3) is 2.40. The molecule has 0 saturated carbocycles. The predicted molar refractivity (Wildman–Crippen MR) is 82.2 cm³/mol. The van der Waals surface area contributed by atoms with Crippen molar-refractivity contribution in [3.8, 4) is 11.5 Å². The molecule has 4 rings (SSSR count). The zero-order chi connectivity index (χ0) is 14.2. The molecule has 0 spiro atoms. The van der Waals surface area contributed by atoms with E-state index in [9.17, 15) is 0 Å². The average molecular weight is 302 g/mol. The zero-order valence-corrected chi connectivity index (χ0v) is 12.6. The average Bonchev–Trinajstić information content (AvgIpc) is 2.97. The third-order valence-corrected chi connectivity index (χ3v) is 5.29. The smallest absolute Gasteiger partial charge is 0.161 e. The first-order valence-electron chi connectivity index (χ1n) is 7.45. The van der Waals surface area contributed by atoms with E-state index in [0.29, 0.717) is 13.2 Å². The molecule has 1 aromatic heterocycles. The maximum absolute atomic E-state index is 6.41. The topological polar surface area (TPSA) is 57.4 Å². The van der Waals surface area contributed by atoms with Crippen molar-refractivity contribution in [1.29, 1.82) is 0 Å². The van der Waals surface area contributed by atoms with Crippen LogP contribution < -0.4 is 15.2 Å². The van der Waals surface area contributed by atoms with Gasteiger partial charge in [0.2, 0.25) is 0 Å². The lowest BCUT2D eigenvalue weighted by Crippen LogP contribution is -2.17. The summed E-state index contributed by atoms with van der Waals surface area (Å²) in [6.07, 6.45) is 4.77. The second-order valence-electron chi connectivity index (χ2n) is 5.51. The number of fused-ring (bicyclic) bond motifs is 2. The van der Waals surface area contributed by atoms with Crippen LogP contribution >= 0.6 is 11.3 Å². The Kier molecular flexibility index (Phi) is 3.31. The highest BCUT2D eigenvalue weighted by Crippen LogP contribution is 2.36. The second-order valence-corrected chi connectivity index (χ2v) is 6.63. The maximum Gasteiger partial charge on any atom is 0.161 e. The van der Waals surface area contributed by atoms with Crippen LogP contribution in [-0.4, -0.2) is 18.2 Å². The standard InChI is InChI=1S/C16H18N2O2S/c17-15(16-18-11-3-1-2-4-14(11)21-16)10-5-6-12-13(9-10)20-8-7-19-12/h5-6,9,15H,1-4,7-8,17H2. The van der Waals surface area contributed by atoms with Gasteiger partial charge in [0.1, 0.15) is 18.2 Å². The SMILES string of the molecule is NC(c1ccc2c(c1)OCCO2)c1nc2c(s1)CCCC2. The van der Waals surface area contributed by atoms with Crippen LogP contribution in [0.5, 0.6) is 11.5 Å². The molecule has 0 amide bonds. The molecule has 1 aliphatic carbocycles. The van der Waals surface area contributed by atoms with Crippen LogP contribution in [0.1, 0.15) is 40.0 Å². The lowest BCUT2D eigenvalue weighted by atomic mass is 10.0. The van der Waals surface area contributed by atoms with E-state index in [1.54, 1.807) is 11.3 Å². The fourth-order valence-corrected chi connectivity index (χ4v) is 4.08. The van der Waals surface area contributed by atoms with Crippen LogP contribution in [0, 0.1) is 0 Å². The summed E-state index contributed by atoms with van der Waals surface area (Å²) < 4.78 is 11.2. The van der Waals surface area contributed by atoms with E-state index < -0.39 is 0 Å². The lowest BCUT2D eigenvalue weighted by molar-refractivity contribution is 0.171. The largest absolute Gasteiger partial charge is 0.486 e. The molecular weight excluding hydrogens is 284 g/mol. The predicted octanol–water partition coefficient (Wildman–Crippen LogP) is 2.84. The summed E-state index contributed by atoms with van der Waals surface area (Å²) in [4.78, 5) is 6.18. The molecule has 1 unspecified atom stereocenters. The number of nitrogens with two attached hydrogens (primary N) is 1. The van der Waals surface area contributed by atoms with E-state index in [4.69, 9.17) is 20.2 Å². The van der Waals surface area contributed by atoms with E-state index in [1.165, 1.54) is 23.4 Å². The number of hydrogen-bond acceptors (Lipinski definition) is 5. The van der Waals surface area contributed by atoms with E-state index in [1.807, 2.05) is 18.2 Å². The molecule has 5 heteroatoms. The molecule has 21 heavy (non-hydrogen) atoms. The molecular formula is C16H18N2O2S. The van der Waals surface area contributed by atoms with Crippen LogP contribution in [0.25, 0.3) is 0 Å². The highest BCUT2D eigenvalue weighted by Gasteiger charge is 2.21. The number of aromatic nitrogens is 1. The van der Waals surface area contributed by atoms with Gasteiger partial charge in [-0.05, 0) is 43.4 Å². The quantitative estimate of drug-likeness (QED) is 0.927. The fraction of sp³-hybridized carbons (Fsp3) is 0.438. The first-order valence-corrected chi connectivity index (χ1v) is 8.26. The van der Waals surface area contributed by atoms with Crippen molar-refractivity contribution in [2.45, 2.75) is 31.7 Å². The van der Waals surface area contributed by atoms with Crippen molar-refractivity contribution in [2.75, 3.05) is 13.2 Å². The van der Waals surface area contributed by atoms with Crippen LogP contribution in [0.2, 0.25) is 0 Å². The minimum atomic E-state index is -0.184. The van der Waals surface area contributed by atoms with Gasteiger partial charge >= 0.3 is 0 Å². The van der Waals surface area contributed by atoms with E-state index >= 15 is 0 Å². The van der Waals surface area contributed by atoms with Crippen molar-refractivity contribution >= 4 is 11.3 Å². The first kappa shape index (κ1) is 13.1. The third-order valence-electron chi connectivity index (χ3n) is 4.05. The minimum Gasteiger partial charge on any atom is -0.486 e. The van der Waals surface area contributed by atoms with Crippen LogP contribution in [0.4, 0.5) is 0 Å². The number of rotatable bonds is 2. The summed E-state index contributed by atoms with van der Waals surface area (Å²) in [5, 5.41) is 1.01. The molecule has 1 aromatic carbocycles. The van der Waals surface area contributed by atoms with Crippen molar-refractivity contribution in [3.05, 3.63) is 39.3 Å². The van der Waals surface area contributed by atoms with Crippen LogP contribution in [0.15, 0.2) is 18.2 Å². The van der Waals surface area contributed by atoms with Crippen LogP contribution in [-0.2, 0) is 12.8 Å². The summed E-state index contributed by atoms with van der Waals surface area (Å²) in [5.41, 5.74) is 8.70. The second kappa shape index (κ2) is 5.31. The zero-order valence-electron chi connectivity index (χ0n) is 11.8. The Morgan fingerprint density at radius 1 is 1.10 bits per heavy atom. The van der Waals surface area contributed by atoms with Gasteiger partial charge in [0.25, 0.3) is 0 Å². The molecule has 0 fully saturated rings. The van der Waals surface area contributed by atoms with Gasteiger partial charge < -0.3 is 15.2 Å². The van der Waals surface area contributed by atoms with Crippen molar-refractivity contribution in [3.63, 3.8) is 0 Å². The molecule has 4 nitrogen and oxygen atoms in total. The van der Waals surface area contributed by atoms with Crippen molar-refractivity contribution in [1.82, 2.24) is 4.98 Å². The van der Waals surface area contributed by atoms with Gasteiger partial charge in [-0.25, -0.2) is 4.98 Å². The number of benzene rings is 1. The molecule has 2 aliphatic rings. The number of hydrogen-bond donors (Lipinski definition) is 1. The number of thiazole rings is 1. The number of nitrogens with zero attached hydrogens (tertiary/aromatic N) is 1. The molecule has 2 aromatic rings. The Morgan fingerprint density at radius 2 is 1.90 bits per heavy atom. The highest BCUT2D eigenvalue weighted by atomic mass is 32.1. The van der Waals surface area contributed by atoms with Crippen molar-refractivity contribution < 1.29 is 9.47 Å². The maximum atomic E-state index is 6.41. The number of ether oxygens (including phenoxy) is 2. The van der Waals surface area contributed by atoms with E-state index in [-0.39, 0.29) is 6.04 Å². The Labute approximate surface area is 127 Å². The molecule has 1 atom stereocenters. The van der Waals surface area contributed by atoms with Gasteiger partial charge in [-0.2, -0.15) is 0 Å². The summed E-state index contributed by atoms with van der Waals surface area (Å²) in [5.74, 6) is 1.59. The molecule has 1 aliphatic heterocycles. The molecule has 0 radical (unpaired) electrons. The molecule has 2 heterocycles. The Morgan fingerprint density at radius 3 is 2.76 bits per heavy atom. The van der Waals surface area contributed by atoms with E-state index in [2.05, 4.69) is 0 Å². The molecule has 2 N–H and O–H groups in total. The van der Waals surface area contributed by atoms with Gasteiger partial charge in [-0.15, -0.1) is 11.3 Å². The Balaban J connectivity index is 1.64. The summed E-state index contributed by atoms with van der Waals surface area (Å²) in [6, 6.07) is 5.76. The summed E-state index contributed by atoms with van der Waals surface area (Å²) >= 11 is 1.77. The van der Waals surface area contributed by atoms with Crippen LogP contribution in [0.3, 0.4) is 0 Å². The Hall–Kier alpha value is -1.59. The van der Waals surface area contributed by atoms with Gasteiger partial charge in [-0.1, -0.05) is 6.07 Å². The molecule has 0 saturated heterocycles. The normalized spacial score (nSPS) is 18.1. The van der Waals surface area contributed by atoms with Gasteiger partial charge in [0, 0.05) is 4.88 Å². The first-order chi connectivity index (χ1) is 10.3. The fourth-order valence-electron chi connectivity index (χ4n) is 2.90. The molecule has 0 bridgehead atoms. The summed E-state index contributed by atoms with van der Waals surface area (Å²) in [6.45, 7) is 1.20. The minimum absolute atomic E-state index is 0.184. The summed E-state index contributed by atoms with van der Waals surface area (Å²) in [7, 11) is 0. The lowest BCUT2D eigenvalue weighted by Gasteiger charge is -2.20. The highest BCUT2D eigenvalue weighted by molar-refractivity contribution is 7.11. The molecule has 110 valence electrons. The van der Waals surface area contributed by atoms with E-state index in [0.717, 1.165) is 34.9 Å². The number of aryl methyl sites for hydroxylation is 2. The van der Waals surface area contributed by atoms with Crippen molar-refractivity contribution in [2.24, 2.45) is 5.73 Å². The van der Waals surface area contributed by atoms with Gasteiger partial charge in [0.05, 0.1) is 11.7 Å². The van der Waals surface area contributed by atoms with Gasteiger partial charge in [-0.3, -0.25) is 0 Å². The van der Waals surface area contributed by atoms with Gasteiger partial charge in [0.15, 0.2) is 11.5 Å².